The Kier molecular flexibility index (Phi) is 4.06. The number of halogens is 3. The van der Waals surface area contributed by atoms with Gasteiger partial charge in [0, 0.05) is 21.3 Å². The Hall–Kier alpha value is -1.02. The topological polar surface area (TPSA) is 12.4 Å². The molecule has 0 fully saturated rings. The summed E-state index contributed by atoms with van der Waals surface area (Å²) >= 11 is 17.6. The molecule has 0 saturated carbocycles. The van der Waals surface area contributed by atoms with Crippen molar-refractivity contribution in [3.63, 3.8) is 0 Å². The highest BCUT2D eigenvalue weighted by Gasteiger charge is 1.95. The molecule has 0 aliphatic rings. The van der Waals surface area contributed by atoms with E-state index in [9.17, 15) is 0 Å². The Morgan fingerprint density at radius 1 is 0.765 bits per heavy atom. The van der Waals surface area contributed by atoms with Gasteiger partial charge in [0.2, 0.25) is 0 Å². The normalized spacial score (nSPS) is 11.0. The van der Waals surface area contributed by atoms with E-state index in [1.54, 1.807) is 36.5 Å². The smallest absolute Gasteiger partial charge is 0.0630 e. The molecule has 0 aromatic heterocycles. The first-order chi connectivity index (χ1) is 8.13. The number of rotatable bonds is 2. The van der Waals surface area contributed by atoms with Gasteiger partial charge in [-0.05, 0) is 48.0 Å². The molecule has 0 saturated heterocycles. The van der Waals surface area contributed by atoms with Crippen LogP contribution in [0.1, 0.15) is 5.56 Å². The van der Waals surface area contributed by atoms with Gasteiger partial charge in [0.15, 0.2) is 0 Å². The van der Waals surface area contributed by atoms with Crippen LogP contribution in [0.4, 0.5) is 5.69 Å². The second-order valence-corrected chi connectivity index (χ2v) is 4.75. The van der Waals surface area contributed by atoms with E-state index in [0.717, 1.165) is 11.3 Å². The summed E-state index contributed by atoms with van der Waals surface area (Å²) in [5.41, 5.74) is 1.68. The van der Waals surface area contributed by atoms with Crippen molar-refractivity contribution in [3.8, 4) is 0 Å². The van der Waals surface area contributed by atoms with Crippen molar-refractivity contribution in [3.05, 3.63) is 63.1 Å². The molecular formula is C13H8Cl3N. The quantitative estimate of drug-likeness (QED) is 0.655. The minimum Gasteiger partial charge on any atom is -0.256 e. The van der Waals surface area contributed by atoms with Crippen LogP contribution in [0.15, 0.2) is 47.5 Å². The Labute approximate surface area is 115 Å². The highest BCUT2D eigenvalue weighted by Crippen LogP contribution is 2.19. The molecule has 17 heavy (non-hydrogen) atoms. The molecule has 0 unspecified atom stereocenters. The van der Waals surface area contributed by atoms with Crippen molar-refractivity contribution in [1.29, 1.82) is 0 Å². The fraction of sp³-hybridized carbons (Fsp3) is 0. The number of hydrogen-bond donors (Lipinski definition) is 0. The van der Waals surface area contributed by atoms with Crippen molar-refractivity contribution >= 4 is 46.7 Å². The van der Waals surface area contributed by atoms with Crippen molar-refractivity contribution in [1.82, 2.24) is 0 Å². The summed E-state index contributed by atoms with van der Waals surface area (Å²) in [4.78, 5) is 4.30. The highest BCUT2D eigenvalue weighted by atomic mass is 35.5. The van der Waals surface area contributed by atoms with E-state index < -0.39 is 0 Å². The van der Waals surface area contributed by atoms with Crippen LogP contribution in [-0.2, 0) is 0 Å². The van der Waals surface area contributed by atoms with Crippen molar-refractivity contribution in [2.45, 2.75) is 0 Å². The van der Waals surface area contributed by atoms with Crippen LogP contribution in [0.5, 0.6) is 0 Å². The predicted molar refractivity (Wildman–Crippen MR) is 75.2 cm³/mol. The molecule has 0 aliphatic carbocycles. The lowest BCUT2D eigenvalue weighted by Gasteiger charge is -1.97. The maximum Gasteiger partial charge on any atom is 0.0630 e. The molecule has 2 aromatic rings. The van der Waals surface area contributed by atoms with Gasteiger partial charge in [-0.15, -0.1) is 0 Å². The van der Waals surface area contributed by atoms with Crippen LogP contribution < -0.4 is 0 Å². The van der Waals surface area contributed by atoms with Gasteiger partial charge in [-0.25, -0.2) is 0 Å². The molecule has 1 nitrogen and oxygen atoms in total. The van der Waals surface area contributed by atoms with Gasteiger partial charge in [-0.2, -0.15) is 0 Å². The molecule has 0 heterocycles. The van der Waals surface area contributed by atoms with Gasteiger partial charge < -0.3 is 0 Å². The van der Waals surface area contributed by atoms with Crippen LogP contribution >= 0.6 is 34.8 Å². The van der Waals surface area contributed by atoms with E-state index in [2.05, 4.69) is 4.99 Å². The number of hydrogen-bond acceptors (Lipinski definition) is 1. The fourth-order valence-corrected chi connectivity index (χ4v) is 1.99. The van der Waals surface area contributed by atoms with Gasteiger partial charge >= 0.3 is 0 Å². The Morgan fingerprint density at radius 2 is 1.35 bits per heavy atom. The summed E-state index contributed by atoms with van der Waals surface area (Å²) in [7, 11) is 0. The first kappa shape index (κ1) is 12.4. The molecule has 4 heteroatoms. The van der Waals surface area contributed by atoms with Crippen molar-refractivity contribution < 1.29 is 0 Å². The lowest BCUT2D eigenvalue weighted by molar-refractivity contribution is 1.52. The first-order valence-corrected chi connectivity index (χ1v) is 6.02. The molecule has 0 aliphatic heterocycles. The molecule has 0 atom stereocenters. The van der Waals surface area contributed by atoms with Gasteiger partial charge in [0.25, 0.3) is 0 Å². The summed E-state index contributed by atoms with van der Waals surface area (Å²) < 4.78 is 0. The standard InChI is InChI=1S/C13H8Cl3N/c14-10-1-3-13(4-2-10)17-8-9-5-11(15)7-12(16)6-9/h1-8H/b17-8+. The van der Waals surface area contributed by atoms with Crippen molar-refractivity contribution in [2.24, 2.45) is 4.99 Å². The van der Waals surface area contributed by atoms with E-state index in [4.69, 9.17) is 34.8 Å². The summed E-state index contributed by atoms with van der Waals surface area (Å²) in [6.45, 7) is 0. The first-order valence-electron chi connectivity index (χ1n) is 4.89. The molecule has 2 aromatic carbocycles. The largest absolute Gasteiger partial charge is 0.256 e. The summed E-state index contributed by atoms with van der Waals surface area (Å²) in [6.07, 6.45) is 1.71. The maximum atomic E-state index is 5.89. The van der Waals surface area contributed by atoms with Crippen LogP contribution in [0.2, 0.25) is 15.1 Å². The van der Waals surface area contributed by atoms with Gasteiger partial charge in [-0.1, -0.05) is 34.8 Å². The summed E-state index contributed by atoms with van der Waals surface area (Å²) in [5, 5.41) is 1.87. The third-order valence-corrected chi connectivity index (χ3v) is 2.76. The predicted octanol–water partition coefficient (Wildman–Crippen LogP) is 5.40. The second-order valence-electron chi connectivity index (χ2n) is 3.44. The molecule has 0 bridgehead atoms. The molecule has 2 rings (SSSR count). The van der Waals surface area contributed by atoms with Crippen molar-refractivity contribution in [2.75, 3.05) is 0 Å². The minimum absolute atomic E-state index is 0.593. The Morgan fingerprint density at radius 3 is 1.94 bits per heavy atom. The zero-order valence-electron chi connectivity index (χ0n) is 8.70. The number of benzene rings is 2. The van der Waals surface area contributed by atoms with Crippen LogP contribution in [0, 0.1) is 0 Å². The van der Waals surface area contributed by atoms with Crippen LogP contribution in [0.25, 0.3) is 0 Å². The molecule has 86 valence electrons. The van der Waals surface area contributed by atoms with E-state index >= 15 is 0 Å². The Bertz CT molecular complexity index is 527. The lowest BCUT2D eigenvalue weighted by Crippen LogP contribution is -1.80. The minimum atomic E-state index is 0.593. The van der Waals surface area contributed by atoms with Crippen LogP contribution in [-0.4, -0.2) is 6.21 Å². The van der Waals surface area contributed by atoms with E-state index in [1.807, 2.05) is 12.1 Å². The Balaban J connectivity index is 2.22. The zero-order valence-corrected chi connectivity index (χ0v) is 11.0. The van der Waals surface area contributed by atoms with Gasteiger partial charge in [0.05, 0.1) is 5.69 Å². The van der Waals surface area contributed by atoms with E-state index in [1.165, 1.54) is 0 Å². The average molecular weight is 285 g/mol. The monoisotopic (exact) mass is 283 g/mol. The number of nitrogens with zero attached hydrogens (tertiary/aromatic N) is 1. The zero-order chi connectivity index (χ0) is 12.3. The molecule has 0 N–H and O–H groups in total. The van der Waals surface area contributed by atoms with E-state index in [0.29, 0.717) is 15.1 Å². The molecule has 0 amide bonds. The second kappa shape index (κ2) is 5.54. The molecule has 0 spiro atoms. The fourth-order valence-electron chi connectivity index (χ4n) is 1.33. The third kappa shape index (κ3) is 3.74. The lowest BCUT2D eigenvalue weighted by atomic mass is 10.2. The van der Waals surface area contributed by atoms with E-state index in [-0.39, 0.29) is 0 Å². The SMILES string of the molecule is Clc1ccc(/N=C/c2cc(Cl)cc(Cl)c2)cc1. The van der Waals surface area contributed by atoms with Crippen LogP contribution in [0.3, 0.4) is 0 Å². The number of aliphatic imine (C=N–C) groups is 1. The highest BCUT2D eigenvalue weighted by molar-refractivity contribution is 6.35. The third-order valence-electron chi connectivity index (χ3n) is 2.07. The average Bonchev–Trinajstić information content (AvgIpc) is 2.27. The van der Waals surface area contributed by atoms with Gasteiger partial charge in [0.1, 0.15) is 0 Å². The molecule has 0 radical (unpaired) electrons. The summed E-state index contributed by atoms with van der Waals surface area (Å²) in [5.74, 6) is 0. The maximum absolute atomic E-state index is 5.89. The van der Waals surface area contributed by atoms with Gasteiger partial charge in [-0.3, -0.25) is 4.99 Å². The molecular weight excluding hydrogens is 277 g/mol. The summed E-state index contributed by atoms with van der Waals surface area (Å²) in [6, 6.07) is 12.5.